The van der Waals surface area contributed by atoms with Crippen LogP contribution in [0.5, 0.6) is 0 Å². The summed E-state index contributed by atoms with van der Waals surface area (Å²) >= 11 is 1.74. The highest BCUT2D eigenvalue weighted by molar-refractivity contribution is 7.16. The van der Waals surface area contributed by atoms with Gasteiger partial charge in [-0.25, -0.2) is 0 Å². The van der Waals surface area contributed by atoms with Crippen molar-refractivity contribution >= 4 is 22.2 Å². The molecule has 3 aliphatic rings. The molecule has 0 N–H and O–H groups in total. The molecule has 3 fully saturated rings. The van der Waals surface area contributed by atoms with Crippen LogP contribution in [-0.4, -0.2) is 37.0 Å². The molecule has 2 aliphatic heterocycles. The van der Waals surface area contributed by atoms with Gasteiger partial charge < -0.3 is 9.80 Å². The number of hydrogen-bond acceptors (Lipinski definition) is 3. The second-order valence-electron chi connectivity index (χ2n) is 6.97. The molecule has 0 radical (unpaired) electrons. The molecule has 0 bridgehead atoms. The Kier molecular flexibility index (Phi) is 2.93. The summed E-state index contributed by atoms with van der Waals surface area (Å²) in [5.41, 5.74) is 0.240. The lowest BCUT2D eigenvalue weighted by molar-refractivity contribution is -0.117. The molecule has 3 nitrogen and oxygen atoms in total. The standard InChI is InChI=1S/C16H22N2OS/c1-12-2-5-15(20-12)18-11-16(8-14(18)19)6-7-17(10-16)9-13-3-4-13/h2,5,13H,3-4,6-11H2,1H3/t16-/m1/s1. The Morgan fingerprint density at radius 2 is 2.20 bits per heavy atom. The van der Waals surface area contributed by atoms with Crippen LogP contribution in [0, 0.1) is 18.3 Å². The Bertz CT molecular complexity index is 536. The van der Waals surface area contributed by atoms with Gasteiger partial charge in [-0.05, 0) is 50.8 Å². The molecule has 1 amide bonds. The van der Waals surface area contributed by atoms with Gasteiger partial charge in [0.05, 0.1) is 5.00 Å². The summed E-state index contributed by atoms with van der Waals surface area (Å²) in [5, 5.41) is 1.14. The third-order valence-electron chi connectivity index (χ3n) is 5.04. The van der Waals surface area contributed by atoms with Crippen molar-refractivity contribution in [3.8, 4) is 0 Å². The maximum Gasteiger partial charge on any atom is 0.228 e. The summed E-state index contributed by atoms with van der Waals surface area (Å²) in [4.78, 5) is 18.3. The number of aryl methyl sites for hydroxylation is 1. The maximum absolute atomic E-state index is 12.4. The Balaban J connectivity index is 1.47. The van der Waals surface area contributed by atoms with Gasteiger partial charge in [-0.3, -0.25) is 4.79 Å². The van der Waals surface area contributed by atoms with Crippen LogP contribution in [0.4, 0.5) is 5.00 Å². The van der Waals surface area contributed by atoms with Gasteiger partial charge in [0.2, 0.25) is 5.91 Å². The van der Waals surface area contributed by atoms with Gasteiger partial charge in [0.1, 0.15) is 0 Å². The van der Waals surface area contributed by atoms with E-state index in [1.807, 2.05) is 4.90 Å². The number of nitrogens with zero attached hydrogens (tertiary/aromatic N) is 2. The second kappa shape index (κ2) is 4.57. The molecule has 1 aromatic rings. The fourth-order valence-corrected chi connectivity index (χ4v) is 4.66. The van der Waals surface area contributed by atoms with Crippen LogP contribution >= 0.6 is 11.3 Å². The molecule has 0 unspecified atom stereocenters. The van der Waals surface area contributed by atoms with Gasteiger partial charge in [0.15, 0.2) is 0 Å². The minimum Gasteiger partial charge on any atom is -0.303 e. The molecule has 4 heteroatoms. The van der Waals surface area contributed by atoms with E-state index in [9.17, 15) is 4.79 Å². The van der Waals surface area contributed by atoms with Crippen molar-refractivity contribution in [2.45, 2.75) is 32.6 Å². The van der Waals surface area contributed by atoms with E-state index in [4.69, 9.17) is 0 Å². The van der Waals surface area contributed by atoms with Gasteiger partial charge in [-0.1, -0.05) is 0 Å². The molecule has 0 aromatic carbocycles. The summed E-state index contributed by atoms with van der Waals surface area (Å²) in [5.74, 6) is 1.29. The quantitative estimate of drug-likeness (QED) is 0.854. The van der Waals surface area contributed by atoms with Crippen molar-refractivity contribution in [3.05, 3.63) is 17.0 Å². The highest BCUT2D eigenvalue weighted by atomic mass is 32.1. The SMILES string of the molecule is Cc1ccc(N2C[C@]3(CCN(CC4CC4)C3)CC2=O)s1. The van der Waals surface area contributed by atoms with E-state index >= 15 is 0 Å². The number of thiophene rings is 1. The summed E-state index contributed by atoms with van der Waals surface area (Å²) in [6, 6.07) is 4.22. The highest BCUT2D eigenvalue weighted by Gasteiger charge is 2.48. The molecular weight excluding hydrogens is 268 g/mol. The molecule has 4 rings (SSSR count). The molecule has 2 saturated heterocycles. The van der Waals surface area contributed by atoms with Crippen molar-refractivity contribution in [2.24, 2.45) is 11.3 Å². The molecule has 1 aliphatic carbocycles. The molecular formula is C16H22N2OS. The summed E-state index contributed by atoms with van der Waals surface area (Å²) in [6.07, 6.45) is 4.80. The van der Waals surface area contributed by atoms with E-state index in [1.165, 1.54) is 37.2 Å². The van der Waals surface area contributed by atoms with Crippen molar-refractivity contribution in [1.82, 2.24) is 4.90 Å². The molecule has 1 aromatic heterocycles. The zero-order valence-electron chi connectivity index (χ0n) is 12.1. The van der Waals surface area contributed by atoms with E-state index < -0.39 is 0 Å². The first kappa shape index (κ1) is 12.8. The lowest BCUT2D eigenvalue weighted by Gasteiger charge is -2.23. The fourth-order valence-electron chi connectivity index (χ4n) is 3.79. The smallest absolute Gasteiger partial charge is 0.228 e. The lowest BCUT2D eigenvalue weighted by atomic mass is 9.86. The van der Waals surface area contributed by atoms with Crippen molar-refractivity contribution in [2.75, 3.05) is 31.1 Å². The predicted octanol–water partition coefficient (Wildman–Crippen LogP) is 2.90. The predicted molar refractivity (Wildman–Crippen MR) is 82.2 cm³/mol. The summed E-state index contributed by atoms with van der Waals surface area (Å²) in [6.45, 7) is 6.65. The van der Waals surface area contributed by atoms with Gasteiger partial charge >= 0.3 is 0 Å². The number of likely N-dealkylation sites (tertiary alicyclic amines) is 1. The Morgan fingerprint density at radius 3 is 2.90 bits per heavy atom. The topological polar surface area (TPSA) is 23.6 Å². The van der Waals surface area contributed by atoms with E-state index in [0.717, 1.165) is 30.4 Å². The van der Waals surface area contributed by atoms with E-state index in [0.29, 0.717) is 5.91 Å². The molecule has 20 heavy (non-hydrogen) atoms. The number of carbonyl (C=O) groups excluding carboxylic acids is 1. The average molecular weight is 290 g/mol. The second-order valence-corrected chi connectivity index (χ2v) is 8.24. The molecule has 3 heterocycles. The van der Waals surface area contributed by atoms with Crippen LogP contribution in [0.2, 0.25) is 0 Å². The molecule has 1 spiro atoms. The number of anilines is 1. The van der Waals surface area contributed by atoms with E-state index in [-0.39, 0.29) is 5.41 Å². The molecule has 108 valence electrons. The van der Waals surface area contributed by atoms with E-state index in [2.05, 4.69) is 24.0 Å². The number of carbonyl (C=O) groups is 1. The maximum atomic E-state index is 12.4. The first-order valence-corrected chi connectivity index (χ1v) is 8.54. The monoisotopic (exact) mass is 290 g/mol. The van der Waals surface area contributed by atoms with E-state index in [1.54, 1.807) is 11.3 Å². The first-order chi connectivity index (χ1) is 9.63. The number of hydrogen-bond donors (Lipinski definition) is 0. The van der Waals surface area contributed by atoms with Crippen LogP contribution in [-0.2, 0) is 4.79 Å². The highest BCUT2D eigenvalue weighted by Crippen LogP contribution is 2.44. The summed E-state index contributed by atoms with van der Waals surface area (Å²) < 4.78 is 0. The van der Waals surface area contributed by atoms with Crippen LogP contribution in [0.25, 0.3) is 0 Å². The Labute approximate surface area is 124 Å². The largest absolute Gasteiger partial charge is 0.303 e. The van der Waals surface area contributed by atoms with Crippen LogP contribution in [0.15, 0.2) is 12.1 Å². The first-order valence-electron chi connectivity index (χ1n) is 7.73. The Morgan fingerprint density at radius 1 is 1.35 bits per heavy atom. The third kappa shape index (κ3) is 2.29. The van der Waals surface area contributed by atoms with Gasteiger partial charge in [0.25, 0.3) is 0 Å². The van der Waals surface area contributed by atoms with Gasteiger partial charge in [-0.15, -0.1) is 11.3 Å². The van der Waals surface area contributed by atoms with Gasteiger partial charge in [-0.2, -0.15) is 0 Å². The third-order valence-corrected chi connectivity index (χ3v) is 6.07. The lowest BCUT2D eigenvalue weighted by Crippen LogP contribution is -2.31. The minimum atomic E-state index is 0.240. The molecule has 1 atom stereocenters. The number of amides is 1. The van der Waals surface area contributed by atoms with Crippen molar-refractivity contribution < 1.29 is 4.79 Å². The van der Waals surface area contributed by atoms with Crippen molar-refractivity contribution in [1.29, 1.82) is 0 Å². The van der Waals surface area contributed by atoms with Crippen molar-refractivity contribution in [3.63, 3.8) is 0 Å². The minimum absolute atomic E-state index is 0.240. The zero-order chi connectivity index (χ0) is 13.7. The number of rotatable bonds is 3. The Hall–Kier alpha value is -0.870. The van der Waals surface area contributed by atoms with Crippen LogP contribution in [0.3, 0.4) is 0 Å². The van der Waals surface area contributed by atoms with Gasteiger partial charge in [0, 0.05) is 36.3 Å². The normalized spacial score (nSPS) is 30.9. The average Bonchev–Trinajstić information content (AvgIpc) is 2.83. The van der Waals surface area contributed by atoms with Crippen LogP contribution in [0.1, 0.15) is 30.6 Å². The fraction of sp³-hybridized carbons (Fsp3) is 0.688. The molecule has 1 saturated carbocycles. The zero-order valence-corrected chi connectivity index (χ0v) is 12.9. The van der Waals surface area contributed by atoms with Crippen LogP contribution < -0.4 is 4.90 Å². The summed E-state index contributed by atoms with van der Waals surface area (Å²) in [7, 11) is 0.